The quantitative estimate of drug-likeness (QED) is 0.135. The first-order chi connectivity index (χ1) is 43.0. The molecule has 6 aromatic carbocycles. The number of oxazole rings is 3. The van der Waals surface area contributed by atoms with Crippen molar-refractivity contribution in [3.8, 4) is 99.8 Å². The third-order valence-electron chi connectivity index (χ3n) is 13.4. The van der Waals surface area contributed by atoms with E-state index in [2.05, 4.69) is 15.0 Å². The van der Waals surface area contributed by atoms with Crippen molar-refractivity contribution in [3.05, 3.63) is 233 Å². The first-order valence-corrected chi connectivity index (χ1v) is 30.8. The zero-order valence-corrected chi connectivity index (χ0v) is 51.1. The van der Waals surface area contributed by atoms with E-state index in [4.69, 9.17) is 43.2 Å². The molecule has 9 heterocycles. The molecule has 15 aromatic rings. The molecule has 0 saturated carbocycles. The van der Waals surface area contributed by atoms with Crippen LogP contribution in [0.15, 0.2) is 212 Å². The fourth-order valence-electron chi connectivity index (χ4n) is 9.19. The third-order valence-corrected chi connectivity index (χ3v) is 16.1. The van der Waals surface area contributed by atoms with E-state index < -0.39 is 0 Å². The van der Waals surface area contributed by atoms with Gasteiger partial charge in [-0.2, -0.15) is 0 Å². The van der Waals surface area contributed by atoms with E-state index in [0.29, 0.717) is 17.7 Å². The average Bonchev–Trinajstić information content (AvgIpc) is 1.93. The van der Waals surface area contributed by atoms with E-state index in [1.54, 1.807) is 89.1 Å². The van der Waals surface area contributed by atoms with Crippen LogP contribution in [-0.2, 0) is 0 Å². The second-order valence-corrected chi connectivity index (χ2v) is 22.0. The lowest BCUT2D eigenvalue weighted by atomic mass is 10.1. The lowest BCUT2D eigenvalue weighted by Crippen LogP contribution is -1.95. The molecule has 15 rings (SSSR count). The standard InChI is InChI=1S/C23H16FN3OS.C22H14FN3OS.C21H12FN3OS.2C2H6/c1-13-14(2)28-23(25-13)16-7-10-18-19(12-16)27-22(20-4-3-11-29-20)21(26-18)15-5-8-17(24)9-6-15;1-13-12-27-22(24-13)15-6-9-17-18(11-15)26-21(19-3-2-10-28-19)20(25-17)14-4-7-16(23)8-5-14;22-15-6-3-13(4-7-15)19-20(18-2-1-11-27-18)25-17-12-14(5-8-16(17)24-19)21-23-9-10-26-21;2*1-2/h3-12H,1-2H3;2-12H,1H3;1-12H;2*1-2H3. The second-order valence-electron chi connectivity index (χ2n) is 19.1. The molecule has 88 heavy (non-hydrogen) atoms. The summed E-state index contributed by atoms with van der Waals surface area (Å²) in [6.07, 6.45) is 4.78. The number of thiophene rings is 3. The number of nitrogens with zero attached hydrogens (tertiary/aromatic N) is 9. The van der Waals surface area contributed by atoms with E-state index in [0.717, 1.165) is 132 Å². The molecule has 0 N–H and O–H groups in total. The fraction of sp³-hybridized carbons (Fsp3) is 0.100. The Morgan fingerprint density at radius 1 is 0.352 bits per heavy atom. The van der Waals surface area contributed by atoms with Gasteiger partial charge in [0.2, 0.25) is 17.7 Å². The first kappa shape index (κ1) is 59.6. The van der Waals surface area contributed by atoms with Gasteiger partial charge in [-0.3, -0.25) is 0 Å². The molecule has 0 radical (unpaired) electrons. The Balaban J connectivity index is 0.000000133. The Morgan fingerprint density at radius 3 is 1.03 bits per heavy atom. The summed E-state index contributed by atoms with van der Waals surface area (Å²) in [5, 5.41) is 6.00. The molecular formula is C70H54F3N9O3S3. The molecule has 0 bridgehead atoms. The number of fused-ring (bicyclic) bond motifs is 3. The monoisotopic (exact) mass is 1220 g/mol. The summed E-state index contributed by atoms with van der Waals surface area (Å²) in [5.41, 5.74) is 15.8. The molecular weight excluding hydrogens is 1170 g/mol. The minimum absolute atomic E-state index is 0.277. The number of hydrogen-bond acceptors (Lipinski definition) is 15. The highest BCUT2D eigenvalue weighted by Gasteiger charge is 2.20. The van der Waals surface area contributed by atoms with Crippen molar-refractivity contribution < 1.29 is 26.4 Å². The normalized spacial score (nSPS) is 10.8. The minimum atomic E-state index is -0.277. The van der Waals surface area contributed by atoms with Gasteiger partial charge >= 0.3 is 0 Å². The van der Waals surface area contributed by atoms with Gasteiger partial charge in [0.05, 0.1) is 82.4 Å². The predicted molar refractivity (Wildman–Crippen MR) is 348 cm³/mol. The first-order valence-electron chi connectivity index (χ1n) is 28.2. The van der Waals surface area contributed by atoms with Gasteiger partial charge in [0.1, 0.15) is 52.8 Å². The number of aryl methyl sites for hydroxylation is 3. The highest BCUT2D eigenvalue weighted by Crippen LogP contribution is 2.38. The lowest BCUT2D eigenvalue weighted by molar-refractivity contribution is 0.541. The van der Waals surface area contributed by atoms with Gasteiger partial charge < -0.3 is 13.3 Å². The average molecular weight is 1220 g/mol. The number of rotatable bonds is 9. The summed E-state index contributed by atoms with van der Waals surface area (Å²) in [5.74, 6) is 1.64. The van der Waals surface area contributed by atoms with E-state index in [-0.39, 0.29) is 17.5 Å². The Labute approximate surface area is 516 Å². The maximum Gasteiger partial charge on any atom is 0.226 e. The highest BCUT2D eigenvalue weighted by molar-refractivity contribution is 7.14. The number of benzene rings is 6. The number of aromatic nitrogens is 9. The van der Waals surface area contributed by atoms with E-state index in [9.17, 15) is 13.2 Å². The second kappa shape index (κ2) is 27.1. The Morgan fingerprint density at radius 2 is 0.716 bits per heavy atom. The summed E-state index contributed by atoms with van der Waals surface area (Å²) in [4.78, 5) is 45.3. The molecule has 0 saturated heterocycles. The zero-order chi connectivity index (χ0) is 61.3. The van der Waals surface area contributed by atoms with Crippen molar-refractivity contribution in [3.63, 3.8) is 0 Å². The smallest absolute Gasteiger partial charge is 0.226 e. The van der Waals surface area contributed by atoms with Crippen LogP contribution in [0.2, 0.25) is 0 Å². The maximum absolute atomic E-state index is 13.4. The van der Waals surface area contributed by atoms with Crippen molar-refractivity contribution >= 4 is 67.1 Å². The summed E-state index contributed by atoms with van der Waals surface area (Å²) in [7, 11) is 0. The van der Waals surface area contributed by atoms with Gasteiger partial charge in [-0.15, -0.1) is 34.0 Å². The van der Waals surface area contributed by atoms with E-state index >= 15 is 0 Å². The molecule has 0 aliphatic heterocycles. The van der Waals surface area contributed by atoms with Gasteiger partial charge in [0, 0.05) is 33.4 Å². The molecule has 12 nitrogen and oxygen atoms in total. The summed E-state index contributed by atoms with van der Waals surface area (Å²) >= 11 is 4.78. The molecule has 0 aliphatic rings. The molecule has 18 heteroatoms. The van der Waals surface area contributed by atoms with Crippen LogP contribution >= 0.6 is 34.0 Å². The van der Waals surface area contributed by atoms with Crippen LogP contribution in [0, 0.1) is 38.2 Å². The summed E-state index contributed by atoms with van der Waals surface area (Å²) in [6, 6.07) is 48.2. The van der Waals surface area contributed by atoms with Crippen molar-refractivity contribution in [2.24, 2.45) is 0 Å². The molecule has 0 unspecified atom stereocenters. The van der Waals surface area contributed by atoms with Crippen LogP contribution in [0.1, 0.15) is 44.8 Å². The molecule has 9 aromatic heterocycles. The van der Waals surface area contributed by atoms with Crippen LogP contribution in [0.25, 0.3) is 133 Å². The predicted octanol–water partition coefficient (Wildman–Crippen LogP) is 20.4. The molecule has 436 valence electrons. The SMILES string of the molecule is CC.CC.Cc1coc(-c2ccc3nc(-c4ccc(F)cc4)c(-c4cccs4)nc3c2)n1.Cc1nc(-c2ccc3nc(-c4ccc(F)cc4)c(-c4cccs4)nc3c2)oc1C.Fc1ccc(-c2nc3ccc(-c4ncco4)cc3nc2-c2cccs2)cc1. The van der Waals surface area contributed by atoms with Crippen molar-refractivity contribution in [1.29, 1.82) is 0 Å². The summed E-state index contributed by atoms with van der Waals surface area (Å²) in [6.45, 7) is 13.7. The van der Waals surface area contributed by atoms with E-state index in [1.807, 2.05) is 156 Å². The van der Waals surface area contributed by atoms with Crippen LogP contribution in [0.5, 0.6) is 0 Å². The molecule has 0 spiro atoms. The molecule has 0 aliphatic carbocycles. The zero-order valence-electron chi connectivity index (χ0n) is 48.7. The number of halogens is 3. The van der Waals surface area contributed by atoms with E-state index in [1.165, 1.54) is 36.4 Å². The number of hydrogen-bond donors (Lipinski definition) is 0. The van der Waals surface area contributed by atoms with Crippen molar-refractivity contribution in [1.82, 2.24) is 44.9 Å². The van der Waals surface area contributed by atoms with Crippen LogP contribution in [0.4, 0.5) is 13.2 Å². The van der Waals surface area contributed by atoms with Gasteiger partial charge in [0.15, 0.2) is 0 Å². The van der Waals surface area contributed by atoms with Crippen molar-refractivity contribution in [2.45, 2.75) is 48.5 Å². The van der Waals surface area contributed by atoms with Gasteiger partial charge in [0.25, 0.3) is 0 Å². The van der Waals surface area contributed by atoms with Gasteiger partial charge in [-0.1, -0.05) is 45.9 Å². The summed E-state index contributed by atoms with van der Waals surface area (Å²) < 4.78 is 56.8. The van der Waals surface area contributed by atoms with Crippen LogP contribution < -0.4 is 0 Å². The maximum atomic E-state index is 13.4. The fourth-order valence-corrected chi connectivity index (χ4v) is 11.3. The Kier molecular flexibility index (Phi) is 18.3. The van der Waals surface area contributed by atoms with Gasteiger partial charge in [-0.25, -0.2) is 58.0 Å². The largest absolute Gasteiger partial charge is 0.445 e. The minimum Gasteiger partial charge on any atom is -0.445 e. The molecule has 0 fully saturated rings. The third kappa shape index (κ3) is 13.1. The molecule has 0 atom stereocenters. The van der Waals surface area contributed by atoms with Gasteiger partial charge in [-0.05, 0) is 183 Å². The molecule has 0 amide bonds. The lowest BCUT2D eigenvalue weighted by Gasteiger charge is -2.10. The van der Waals surface area contributed by atoms with Crippen LogP contribution in [0.3, 0.4) is 0 Å². The Hall–Kier alpha value is -10.1. The highest BCUT2D eigenvalue weighted by atomic mass is 32.1. The van der Waals surface area contributed by atoms with Crippen molar-refractivity contribution in [2.75, 3.05) is 0 Å². The topological polar surface area (TPSA) is 155 Å². The Bertz CT molecular complexity index is 4770. The van der Waals surface area contributed by atoms with Crippen LogP contribution in [-0.4, -0.2) is 44.9 Å².